The molecule has 6 rings (SSSR count). The molecule has 0 radical (unpaired) electrons. The first-order chi connectivity index (χ1) is 13.9. The fourth-order valence-corrected chi connectivity index (χ4v) is 8.69. The van der Waals surface area contributed by atoms with Crippen molar-refractivity contribution in [2.45, 2.75) is 62.3 Å². The molecule has 5 atom stereocenters. The highest BCUT2D eigenvalue weighted by Gasteiger charge is 2.67. The standard InChI is InChI=1S/C21H26BrN3O4S/c1-19(2)16(13-3-5-15(22)6-4-13)30(27,28)25-18(29-19)24-21-9-12-7-14(21)10-20(8-12,11-21)17(23)26/h3-6,12,14,16H,7-11H2,1-2H3,(H2,23,26)(H,24,25)/t12?,14?,16-,20?,21?/m0/s1. The molecule has 4 unspecified atom stereocenters. The first kappa shape index (κ1) is 20.3. The van der Waals surface area contributed by atoms with Gasteiger partial charge in [0.15, 0.2) is 0 Å². The number of aliphatic imine (C=N–C) groups is 1. The number of rotatable bonds is 3. The van der Waals surface area contributed by atoms with Crippen LogP contribution in [0.3, 0.4) is 0 Å². The summed E-state index contributed by atoms with van der Waals surface area (Å²) in [7, 11) is -3.77. The number of primary amides is 1. The summed E-state index contributed by atoms with van der Waals surface area (Å²) >= 11 is 3.38. The second kappa shape index (κ2) is 6.22. The van der Waals surface area contributed by atoms with Crippen LogP contribution in [0.4, 0.5) is 0 Å². The highest BCUT2D eigenvalue weighted by atomic mass is 79.9. The van der Waals surface area contributed by atoms with E-state index < -0.39 is 31.8 Å². The van der Waals surface area contributed by atoms with Crippen LogP contribution in [0.1, 0.15) is 56.8 Å². The molecule has 9 heteroatoms. The fourth-order valence-electron chi connectivity index (χ4n) is 6.66. The molecule has 4 bridgehead atoms. The van der Waals surface area contributed by atoms with Gasteiger partial charge in [-0.15, -0.1) is 0 Å². The zero-order valence-corrected chi connectivity index (χ0v) is 19.4. The third kappa shape index (κ3) is 2.92. The maximum Gasteiger partial charge on any atom is 0.299 e. The number of carbonyl (C=O) groups excluding carboxylic acids is 1. The van der Waals surface area contributed by atoms with Crippen LogP contribution in [0.5, 0.6) is 0 Å². The predicted octanol–water partition coefficient (Wildman–Crippen LogP) is 3.01. The van der Waals surface area contributed by atoms with E-state index in [0.29, 0.717) is 17.9 Å². The molecule has 4 aliphatic carbocycles. The number of amides is 1. The lowest BCUT2D eigenvalue weighted by Crippen LogP contribution is -2.54. The van der Waals surface area contributed by atoms with Crippen molar-refractivity contribution < 1.29 is 17.9 Å². The normalized spacial score (nSPS) is 41.4. The van der Waals surface area contributed by atoms with Crippen molar-refractivity contribution in [1.29, 1.82) is 0 Å². The molecule has 1 heterocycles. The van der Waals surface area contributed by atoms with E-state index >= 15 is 0 Å². The number of carbonyl (C=O) groups is 1. The van der Waals surface area contributed by atoms with Crippen LogP contribution in [0.2, 0.25) is 0 Å². The molecule has 1 aromatic rings. The van der Waals surface area contributed by atoms with Gasteiger partial charge in [0.2, 0.25) is 15.9 Å². The van der Waals surface area contributed by atoms with Gasteiger partial charge in [0, 0.05) is 4.47 Å². The number of hydrogen-bond acceptors (Lipinski definition) is 5. The molecular weight excluding hydrogens is 470 g/mol. The van der Waals surface area contributed by atoms with Crippen molar-refractivity contribution >= 4 is 37.9 Å². The van der Waals surface area contributed by atoms with E-state index in [9.17, 15) is 13.2 Å². The van der Waals surface area contributed by atoms with Gasteiger partial charge in [0.25, 0.3) is 6.02 Å². The van der Waals surface area contributed by atoms with E-state index in [0.717, 1.165) is 30.2 Å². The summed E-state index contributed by atoms with van der Waals surface area (Å²) in [6, 6.07) is 7.25. The molecule has 0 spiro atoms. The SMILES string of the molecule is CC1(C)OC(=NC23CC4CC2CC(C(N)=O)(C4)C3)NS(=O)(=O)[C@H]1c1ccc(Br)cc1. The molecule has 4 saturated carbocycles. The highest BCUT2D eigenvalue weighted by Crippen LogP contribution is 2.67. The third-order valence-electron chi connectivity index (χ3n) is 7.53. The molecule has 162 valence electrons. The Balaban J connectivity index is 1.49. The molecular formula is C21H26BrN3O4S. The van der Waals surface area contributed by atoms with E-state index in [-0.39, 0.29) is 17.8 Å². The maximum atomic E-state index is 13.2. The number of nitrogens with zero attached hydrogens (tertiary/aromatic N) is 1. The Labute approximate surface area is 185 Å². The second-order valence-electron chi connectivity index (χ2n) is 10.0. The first-order valence-corrected chi connectivity index (χ1v) is 12.6. The smallest absolute Gasteiger partial charge is 0.299 e. The Hall–Kier alpha value is -1.61. The molecule has 0 aromatic heterocycles. The Kier molecular flexibility index (Phi) is 4.21. The Morgan fingerprint density at radius 2 is 1.93 bits per heavy atom. The van der Waals surface area contributed by atoms with E-state index in [1.807, 2.05) is 12.1 Å². The fraction of sp³-hybridized carbons (Fsp3) is 0.619. The van der Waals surface area contributed by atoms with Gasteiger partial charge in [-0.3, -0.25) is 4.79 Å². The van der Waals surface area contributed by atoms with Crippen LogP contribution in [-0.2, 0) is 19.6 Å². The van der Waals surface area contributed by atoms with Crippen molar-refractivity contribution in [2.75, 3.05) is 0 Å². The van der Waals surface area contributed by atoms with Gasteiger partial charge in [-0.05, 0) is 75.5 Å². The van der Waals surface area contributed by atoms with Crippen molar-refractivity contribution in [3.63, 3.8) is 0 Å². The first-order valence-electron chi connectivity index (χ1n) is 10.3. The summed E-state index contributed by atoms with van der Waals surface area (Å²) in [6.45, 7) is 3.54. The van der Waals surface area contributed by atoms with Gasteiger partial charge in [-0.25, -0.2) is 18.1 Å². The van der Waals surface area contributed by atoms with Gasteiger partial charge < -0.3 is 10.5 Å². The number of nitrogens with one attached hydrogen (secondary N) is 1. The van der Waals surface area contributed by atoms with Gasteiger partial charge in [0.05, 0.1) is 11.0 Å². The van der Waals surface area contributed by atoms with E-state index in [2.05, 4.69) is 20.7 Å². The van der Waals surface area contributed by atoms with E-state index in [1.54, 1.807) is 26.0 Å². The van der Waals surface area contributed by atoms with Crippen LogP contribution in [0, 0.1) is 17.3 Å². The third-order valence-corrected chi connectivity index (χ3v) is 9.98. The van der Waals surface area contributed by atoms with Crippen molar-refractivity contribution in [1.82, 2.24) is 4.72 Å². The number of amidine groups is 1. The molecule has 1 amide bonds. The van der Waals surface area contributed by atoms with Crippen LogP contribution in [0.25, 0.3) is 0 Å². The molecule has 3 N–H and O–H groups in total. The predicted molar refractivity (Wildman–Crippen MR) is 116 cm³/mol. The number of hydrogen-bond donors (Lipinski definition) is 2. The molecule has 1 aliphatic heterocycles. The lowest BCUT2D eigenvalue weighted by Gasteiger charge is -2.41. The van der Waals surface area contributed by atoms with Gasteiger partial charge in [-0.1, -0.05) is 28.1 Å². The largest absolute Gasteiger partial charge is 0.457 e. The van der Waals surface area contributed by atoms with Gasteiger partial charge in [0.1, 0.15) is 10.9 Å². The minimum Gasteiger partial charge on any atom is -0.457 e. The summed E-state index contributed by atoms with van der Waals surface area (Å²) in [5, 5.41) is -0.872. The number of halogens is 1. The maximum absolute atomic E-state index is 13.2. The molecule has 1 aromatic carbocycles. The quantitative estimate of drug-likeness (QED) is 0.670. The summed E-state index contributed by atoms with van der Waals surface area (Å²) in [5.41, 5.74) is 4.44. The summed E-state index contributed by atoms with van der Waals surface area (Å²) in [5.74, 6) is 0.412. The van der Waals surface area contributed by atoms with Gasteiger partial charge in [-0.2, -0.15) is 0 Å². The summed E-state index contributed by atoms with van der Waals surface area (Å²) in [6.07, 6.45) is 4.03. The van der Waals surface area contributed by atoms with E-state index in [4.69, 9.17) is 15.5 Å². The Morgan fingerprint density at radius 3 is 2.57 bits per heavy atom. The van der Waals surface area contributed by atoms with Crippen molar-refractivity contribution in [3.05, 3.63) is 34.3 Å². The minimum atomic E-state index is -3.77. The van der Waals surface area contributed by atoms with Crippen LogP contribution >= 0.6 is 15.9 Å². The average molecular weight is 496 g/mol. The van der Waals surface area contributed by atoms with Crippen LogP contribution in [-0.4, -0.2) is 31.5 Å². The average Bonchev–Trinajstić information content (AvgIpc) is 2.96. The van der Waals surface area contributed by atoms with Crippen molar-refractivity contribution in [2.24, 2.45) is 28.0 Å². The number of ether oxygens (including phenoxy) is 1. The topological polar surface area (TPSA) is 111 Å². The molecule has 5 aliphatic rings. The number of benzene rings is 1. The second-order valence-corrected chi connectivity index (χ2v) is 12.7. The molecule has 30 heavy (non-hydrogen) atoms. The lowest BCUT2D eigenvalue weighted by atomic mass is 9.68. The summed E-state index contributed by atoms with van der Waals surface area (Å²) < 4.78 is 36.1. The lowest BCUT2D eigenvalue weighted by molar-refractivity contribution is -0.130. The van der Waals surface area contributed by atoms with Crippen molar-refractivity contribution in [3.8, 4) is 0 Å². The van der Waals surface area contributed by atoms with Gasteiger partial charge >= 0.3 is 0 Å². The molecule has 1 saturated heterocycles. The Morgan fingerprint density at radius 1 is 1.23 bits per heavy atom. The molecule has 7 nitrogen and oxygen atoms in total. The van der Waals surface area contributed by atoms with E-state index in [1.165, 1.54) is 0 Å². The highest BCUT2D eigenvalue weighted by molar-refractivity contribution is 9.10. The summed E-state index contributed by atoms with van der Waals surface area (Å²) in [4.78, 5) is 17.1. The zero-order chi connectivity index (χ0) is 21.5. The van der Waals surface area contributed by atoms with Crippen LogP contribution < -0.4 is 10.5 Å². The minimum absolute atomic E-state index is 0.0428. The van der Waals surface area contributed by atoms with Crippen LogP contribution in [0.15, 0.2) is 33.7 Å². The number of sulfonamides is 1. The zero-order valence-electron chi connectivity index (χ0n) is 17.0. The monoisotopic (exact) mass is 495 g/mol. The number of nitrogens with two attached hydrogens (primary N) is 1. The Bertz CT molecular complexity index is 1050. The molecule has 5 fully saturated rings.